The van der Waals surface area contributed by atoms with Gasteiger partial charge in [0.25, 0.3) is 0 Å². The second-order valence-electron chi connectivity index (χ2n) is 4.01. The summed E-state index contributed by atoms with van der Waals surface area (Å²) in [6, 6.07) is 12.4. The number of ketones is 1. The lowest BCUT2D eigenvalue weighted by atomic mass is 10.1. The first-order valence-electron chi connectivity index (χ1n) is 5.84. The number of nitrogens with two attached hydrogens (primary N) is 1. The van der Waals surface area contributed by atoms with Crippen molar-refractivity contribution in [3.63, 3.8) is 0 Å². The molecule has 2 rings (SSSR count). The predicted octanol–water partition coefficient (Wildman–Crippen LogP) is 1.08. The van der Waals surface area contributed by atoms with Crippen molar-refractivity contribution < 1.29 is 14.4 Å². The van der Waals surface area contributed by atoms with Crippen LogP contribution in [0.25, 0.3) is 0 Å². The van der Waals surface area contributed by atoms with E-state index in [1.807, 2.05) is 6.07 Å². The van der Waals surface area contributed by atoms with Gasteiger partial charge in [-0.25, -0.2) is 0 Å². The molecule has 2 aromatic rings. The quantitative estimate of drug-likeness (QED) is 0.651. The van der Waals surface area contributed by atoms with Gasteiger partial charge in [0.05, 0.1) is 11.4 Å². The van der Waals surface area contributed by atoms with E-state index in [9.17, 15) is 14.4 Å². The number of hydrogen-bond acceptors (Lipinski definition) is 4. The lowest BCUT2D eigenvalue weighted by Crippen LogP contribution is -2.35. The van der Waals surface area contributed by atoms with Gasteiger partial charge in [0.2, 0.25) is 5.78 Å². The highest BCUT2D eigenvalue weighted by molar-refractivity contribution is 7.14. The zero-order chi connectivity index (χ0) is 14.5. The summed E-state index contributed by atoms with van der Waals surface area (Å²) in [5.41, 5.74) is 5.44. The number of nitrogens with one attached hydrogen (secondary N) is 1. The largest absolute Gasteiger partial charge is 0.361 e. The monoisotopic (exact) mass is 288 g/mol. The average Bonchev–Trinajstić information content (AvgIpc) is 2.93. The van der Waals surface area contributed by atoms with Crippen LogP contribution in [-0.4, -0.2) is 17.6 Å². The minimum Gasteiger partial charge on any atom is -0.361 e. The Morgan fingerprint density at radius 2 is 1.75 bits per heavy atom. The maximum atomic E-state index is 12.2. The molecule has 0 spiro atoms. The number of thiophene rings is 1. The van der Waals surface area contributed by atoms with Gasteiger partial charge in [-0.1, -0.05) is 30.3 Å². The third-order valence-corrected chi connectivity index (χ3v) is 3.65. The van der Waals surface area contributed by atoms with Gasteiger partial charge in [-0.15, -0.1) is 11.3 Å². The van der Waals surface area contributed by atoms with E-state index < -0.39 is 11.8 Å². The Labute approximate surface area is 119 Å². The molecule has 1 aromatic heterocycles. The standard InChI is InChI=1S/C14H12N2O3S/c15-13(18)14(19)16-8-10-6-7-11(20-10)12(17)9-4-2-1-3-5-9/h1-7H,8H2,(H2,15,18)(H,16,19). The lowest BCUT2D eigenvalue weighted by Gasteiger charge is -1.99. The lowest BCUT2D eigenvalue weighted by molar-refractivity contribution is -0.137. The van der Waals surface area contributed by atoms with E-state index in [1.165, 1.54) is 11.3 Å². The molecule has 0 saturated heterocycles. The van der Waals surface area contributed by atoms with Crippen LogP contribution in [0, 0.1) is 0 Å². The molecule has 0 saturated carbocycles. The summed E-state index contributed by atoms with van der Waals surface area (Å²) in [5.74, 6) is -1.93. The molecule has 0 aliphatic rings. The second-order valence-corrected chi connectivity index (χ2v) is 5.18. The van der Waals surface area contributed by atoms with Gasteiger partial charge in [0.15, 0.2) is 0 Å². The fourth-order valence-electron chi connectivity index (χ4n) is 1.58. The second kappa shape index (κ2) is 6.12. The van der Waals surface area contributed by atoms with Crippen LogP contribution in [0.5, 0.6) is 0 Å². The molecule has 20 heavy (non-hydrogen) atoms. The predicted molar refractivity (Wildman–Crippen MR) is 75.2 cm³/mol. The highest BCUT2D eigenvalue weighted by atomic mass is 32.1. The van der Waals surface area contributed by atoms with Crippen molar-refractivity contribution in [2.75, 3.05) is 0 Å². The van der Waals surface area contributed by atoms with Crippen LogP contribution >= 0.6 is 11.3 Å². The smallest absolute Gasteiger partial charge is 0.309 e. The summed E-state index contributed by atoms with van der Waals surface area (Å²) in [6.07, 6.45) is 0. The number of carbonyl (C=O) groups excluding carboxylic acids is 3. The van der Waals surface area contributed by atoms with E-state index in [-0.39, 0.29) is 12.3 Å². The van der Waals surface area contributed by atoms with E-state index in [0.29, 0.717) is 10.4 Å². The summed E-state index contributed by atoms with van der Waals surface area (Å²) >= 11 is 1.27. The van der Waals surface area contributed by atoms with Gasteiger partial charge in [0.1, 0.15) is 0 Å². The molecule has 0 aliphatic carbocycles. The van der Waals surface area contributed by atoms with Gasteiger partial charge in [0, 0.05) is 10.4 Å². The van der Waals surface area contributed by atoms with Gasteiger partial charge in [-0.3, -0.25) is 14.4 Å². The molecule has 0 atom stereocenters. The first-order valence-corrected chi connectivity index (χ1v) is 6.65. The Bertz CT molecular complexity index is 649. The van der Waals surface area contributed by atoms with Gasteiger partial charge in [-0.2, -0.15) is 0 Å². The number of carbonyl (C=O) groups is 3. The minimum absolute atomic E-state index is 0.0666. The zero-order valence-corrected chi connectivity index (χ0v) is 11.3. The van der Waals surface area contributed by atoms with Crippen molar-refractivity contribution in [1.82, 2.24) is 5.32 Å². The maximum absolute atomic E-state index is 12.2. The summed E-state index contributed by atoms with van der Waals surface area (Å²) < 4.78 is 0. The van der Waals surface area contributed by atoms with Crippen molar-refractivity contribution in [2.45, 2.75) is 6.54 Å². The van der Waals surface area contributed by atoms with Gasteiger partial charge < -0.3 is 11.1 Å². The SMILES string of the molecule is NC(=O)C(=O)NCc1ccc(C(=O)c2ccccc2)s1. The van der Waals surface area contributed by atoms with E-state index >= 15 is 0 Å². The van der Waals surface area contributed by atoms with Crippen LogP contribution in [0.3, 0.4) is 0 Å². The van der Waals surface area contributed by atoms with Crippen LogP contribution < -0.4 is 11.1 Å². The van der Waals surface area contributed by atoms with Crippen LogP contribution in [0.4, 0.5) is 0 Å². The number of benzene rings is 1. The Morgan fingerprint density at radius 3 is 2.40 bits per heavy atom. The molecule has 102 valence electrons. The topological polar surface area (TPSA) is 89.3 Å². The molecule has 1 heterocycles. The van der Waals surface area contributed by atoms with Crippen LogP contribution in [0.1, 0.15) is 20.1 Å². The number of primary amides is 1. The molecule has 1 aromatic carbocycles. The van der Waals surface area contributed by atoms with Gasteiger partial charge in [-0.05, 0) is 12.1 Å². The summed E-state index contributed by atoms with van der Waals surface area (Å²) in [6.45, 7) is 0.175. The van der Waals surface area contributed by atoms with Crippen molar-refractivity contribution >= 4 is 28.9 Å². The molecule has 5 nitrogen and oxygen atoms in total. The third kappa shape index (κ3) is 3.30. The number of rotatable bonds is 4. The molecule has 2 amide bonds. The van der Waals surface area contributed by atoms with Gasteiger partial charge >= 0.3 is 11.8 Å². The Kier molecular flexibility index (Phi) is 4.27. The molecular weight excluding hydrogens is 276 g/mol. The average molecular weight is 288 g/mol. The molecule has 6 heteroatoms. The maximum Gasteiger partial charge on any atom is 0.309 e. The van der Waals surface area contributed by atoms with Crippen LogP contribution in [0.2, 0.25) is 0 Å². The van der Waals surface area contributed by atoms with E-state index in [4.69, 9.17) is 5.73 Å². The highest BCUT2D eigenvalue weighted by Crippen LogP contribution is 2.19. The third-order valence-electron chi connectivity index (χ3n) is 2.57. The summed E-state index contributed by atoms with van der Waals surface area (Å²) in [7, 11) is 0. The normalized spacial score (nSPS) is 10.0. The first kappa shape index (κ1) is 14.0. The van der Waals surface area contributed by atoms with E-state index in [2.05, 4.69) is 5.32 Å². The Hall–Kier alpha value is -2.47. The summed E-state index contributed by atoms with van der Waals surface area (Å²) in [5, 5.41) is 2.38. The van der Waals surface area contributed by atoms with Crippen molar-refractivity contribution in [1.29, 1.82) is 0 Å². The highest BCUT2D eigenvalue weighted by Gasteiger charge is 2.13. The molecule has 0 unspecified atom stereocenters. The molecule has 0 fully saturated rings. The summed E-state index contributed by atoms with van der Waals surface area (Å²) in [4.78, 5) is 35.1. The van der Waals surface area contributed by atoms with Crippen molar-refractivity contribution in [2.24, 2.45) is 5.73 Å². The molecule has 3 N–H and O–H groups in total. The molecule has 0 aliphatic heterocycles. The molecule has 0 bridgehead atoms. The molecule has 0 radical (unpaired) electrons. The number of hydrogen-bond donors (Lipinski definition) is 2. The van der Waals surface area contributed by atoms with Crippen molar-refractivity contribution in [3.8, 4) is 0 Å². The van der Waals surface area contributed by atoms with E-state index in [0.717, 1.165) is 4.88 Å². The first-order chi connectivity index (χ1) is 9.58. The number of amides is 2. The van der Waals surface area contributed by atoms with Crippen molar-refractivity contribution in [3.05, 3.63) is 57.8 Å². The zero-order valence-electron chi connectivity index (χ0n) is 10.5. The minimum atomic E-state index is -1.03. The van der Waals surface area contributed by atoms with Crippen LogP contribution in [-0.2, 0) is 16.1 Å². The Morgan fingerprint density at radius 1 is 1.05 bits per heavy atom. The van der Waals surface area contributed by atoms with E-state index in [1.54, 1.807) is 36.4 Å². The Balaban J connectivity index is 2.04. The molecular formula is C14H12N2O3S. The fraction of sp³-hybridized carbons (Fsp3) is 0.0714. The van der Waals surface area contributed by atoms with Crippen LogP contribution in [0.15, 0.2) is 42.5 Å². The fourth-order valence-corrected chi connectivity index (χ4v) is 2.49.